The van der Waals surface area contributed by atoms with Crippen LogP contribution in [0, 0.1) is 0 Å². The van der Waals surface area contributed by atoms with Crippen LogP contribution in [0.1, 0.15) is 40.5 Å². The predicted octanol–water partition coefficient (Wildman–Crippen LogP) is 1.84. The van der Waals surface area contributed by atoms with E-state index in [4.69, 9.17) is 5.73 Å². The van der Waals surface area contributed by atoms with Crippen LogP contribution in [0.3, 0.4) is 0 Å². The van der Waals surface area contributed by atoms with Gasteiger partial charge in [-0.3, -0.25) is 4.90 Å². The quantitative estimate of drug-likeness (QED) is 0.685. The molecule has 0 saturated heterocycles. The third-order valence-corrected chi connectivity index (χ3v) is 3.22. The van der Waals surface area contributed by atoms with E-state index in [1.54, 1.807) is 0 Å². The van der Waals surface area contributed by atoms with E-state index in [0.29, 0.717) is 6.04 Å². The predicted molar refractivity (Wildman–Crippen MR) is 55.3 cm³/mol. The smallest absolute Gasteiger partial charge is 0.0326 e. The molecule has 0 bridgehead atoms. The Bertz CT molecular complexity index is 109. The largest absolute Gasteiger partial charge is 0.329 e. The summed E-state index contributed by atoms with van der Waals surface area (Å²) < 4.78 is 0. The van der Waals surface area contributed by atoms with Gasteiger partial charge in [0.25, 0.3) is 0 Å². The molecule has 0 rings (SSSR count). The van der Waals surface area contributed by atoms with Crippen LogP contribution in [0.4, 0.5) is 0 Å². The van der Waals surface area contributed by atoms with E-state index in [0.717, 1.165) is 19.4 Å². The van der Waals surface area contributed by atoms with Gasteiger partial charge in [0.2, 0.25) is 0 Å². The summed E-state index contributed by atoms with van der Waals surface area (Å²) in [5.41, 5.74) is 6.04. The molecule has 0 atom stereocenters. The Balaban J connectivity index is 4.46. The molecule has 0 amide bonds. The van der Waals surface area contributed by atoms with Crippen molar-refractivity contribution >= 4 is 0 Å². The number of likely N-dealkylation sites (N-methyl/N-ethyl adjacent to an activating group) is 1. The van der Waals surface area contributed by atoms with E-state index in [9.17, 15) is 0 Å². The maximum Gasteiger partial charge on any atom is 0.0326 e. The second kappa shape index (κ2) is 4.83. The van der Waals surface area contributed by atoms with E-state index in [1.807, 2.05) is 0 Å². The SMILES string of the molecule is CCC(CC)(CN)N(C)C(C)C. The van der Waals surface area contributed by atoms with Crippen LogP contribution in [0.5, 0.6) is 0 Å². The zero-order valence-corrected chi connectivity index (χ0v) is 9.22. The Morgan fingerprint density at radius 1 is 1.25 bits per heavy atom. The highest BCUT2D eigenvalue weighted by Gasteiger charge is 2.30. The molecule has 0 aliphatic rings. The van der Waals surface area contributed by atoms with Gasteiger partial charge >= 0.3 is 0 Å². The van der Waals surface area contributed by atoms with Gasteiger partial charge in [-0.05, 0) is 33.7 Å². The van der Waals surface area contributed by atoms with Crippen molar-refractivity contribution in [1.29, 1.82) is 0 Å². The van der Waals surface area contributed by atoms with Gasteiger partial charge in [-0.1, -0.05) is 13.8 Å². The summed E-state index contributed by atoms with van der Waals surface area (Å²) in [4.78, 5) is 2.40. The molecule has 12 heavy (non-hydrogen) atoms. The van der Waals surface area contributed by atoms with Crippen LogP contribution in [-0.4, -0.2) is 30.1 Å². The standard InChI is InChI=1S/C10H24N2/c1-6-10(7-2,8-11)12(5)9(3)4/h9H,6-8,11H2,1-5H3. The van der Waals surface area contributed by atoms with Crippen molar-refractivity contribution in [3.05, 3.63) is 0 Å². The molecule has 74 valence electrons. The molecule has 2 heteroatoms. The van der Waals surface area contributed by atoms with E-state index < -0.39 is 0 Å². The summed E-state index contributed by atoms with van der Waals surface area (Å²) in [6.07, 6.45) is 2.27. The first-order chi connectivity index (χ1) is 5.54. The zero-order chi connectivity index (χ0) is 9.78. The van der Waals surface area contributed by atoms with E-state index in [2.05, 4.69) is 39.6 Å². The Morgan fingerprint density at radius 2 is 1.67 bits per heavy atom. The van der Waals surface area contributed by atoms with Gasteiger partial charge in [-0.15, -0.1) is 0 Å². The fraction of sp³-hybridized carbons (Fsp3) is 1.00. The number of hydrogen-bond donors (Lipinski definition) is 1. The highest BCUT2D eigenvalue weighted by molar-refractivity contribution is 4.89. The summed E-state index contributed by atoms with van der Waals surface area (Å²) in [6.45, 7) is 9.63. The highest BCUT2D eigenvalue weighted by Crippen LogP contribution is 2.22. The number of nitrogens with zero attached hydrogens (tertiary/aromatic N) is 1. The normalized spacial score (nSPS) is 13.0. The molecular formula is C10H24N2. The zero-order valence-electron chi connectivity index (χ0n) is 9.22. The minimum Gasteiger partial charge on any atom is -0.329 e. The number of hydrogen-bond acceptors (Lipinski definition) is 2. The molecule has 0 aliphatic carbocycles. The van der Waals surface area contributed by atoms with E-state index >= 15 is 0 Å². The van der Waals surface area contributed by atoms with Gasteiger partial charge in [0, 0.05) is 18.1 Å². The Labute approximate surface area is 77.1 Å². The maximum absolute atomic E-state index is 5.83. The molecule has 2 nitrogen and oxygen atoms in total. The molecule has 0 spiro atoms. The van der Waals surface area contributed by atoms with Gasteiger partial charge < -0.3 is 5.73 Å². The lowest BCUT2D eigenvalue weighted by Crippen LogP contribution is -2.53. The molecule has 2 N–H and O–H groups in total. The minimum atomic E-state index is 0.216. The lowest BCUT2D eigenvalue weighted by molar-refractivity contribution is 0.0838. The lowest BCUT2D eigenvalue weighted by Gasteiger charge is -2.42. The summed E-state index contributed by atoms with van der Waals surface area (Å²) >= 11 is 0. The van der Waals surface area contributed by atoms with Gasteiger partial charge in [0.15, 0.2) is 0 Å². The van der Waals surface area contributed by atoms with Crippen LogP contribution in [-0.2, 0) is 0 Å². The van der Waals surface area contributed by atoms with Crippen molar-refractivity contribution in [2.45, 2.75) is 52.1 Å². The molecule has 0 aromatic carbocycles. The first kappa shape index (κ1) is 11.9. The van der Waals surface area contributed by atoms with Crippen molar-refractivity contribution < 1.29 is 0 Å². The van der Waals surface area contributed by atoms with Gasteiger partial charge in [0.1, 0.15) is 0 Å². The molecule has 0 unspecified atom stereocenters. The second-order valence-corrected chi connectivity index (χ2v) is 3.84. The van der Waals surface area contributed by atoms with Crippen LogP contribution in [0.25, 0.3) is 0 Å². The number of rotatable bonds is 5. The van der Waals surface area contributed by atoms with Crippen LogP contribution >= 0.6 is 0 Å². The molecule has 0 radical (unpaired) electrons. The highest BCUT2D eigenvalue weighted by atomic mass is 15.2. The van der Waals surface area contributed by atoms with Crippen LogP contribution in [0.2, 0.25) is 0 Å². The third kappa shape index (κ3) is 2.20. The summed E-state index contributed by atoms with van der Waals surface area (Å²) in [5, 5.41) is 0. The average molecular weight is 172 g/mol. The van der Waals surface area contributed by atoms with Crippen LogP contribution < -0.4 is 5.73 Å². The first-order valence-corrected chi connectivity index (χ1v) is 4.97. The van der Waals surface area contributed by atoms with Gasteiger partial charge in [-0.25, -0.2) is 0 Å². The summed E-state index contributed by atoms with van der Waals surface area (Å²) in [7, 11) is 2.17. The number of nitrogens with two attached hydrogens (primary N) is 1. The third-order valence-electron chi connectivity index (χ3n) is 3.22. The van der Waals surface area contributed by atoms with Gasteiger partial charge in [-0.2, -0.15) is 0 Å². The van der Waals surface area contributed by atoms with Crippen molar-refractivity contribution in [3.63, 3.8) is 0 Å². The van der Waals surface area contributed by atoms with Gasteiger partial charge in [0.05, 0.1) is 0 Å². The molecule has 0 aliphatic heterocycles. The Hall–Kier alpha value is -0.0800. The van der Waals surface area contributed by atoms with E-state index in [-0.39, 0.29) is 5.54 Å². The van der Waals surface area contributed by atoms with Crippen LogP contribution in [0.15, 0.2) is 0 Å². The van der Waals surface area contributed by atoms with Crippen molar-refractivity contribution in [2.24, 2.45) is 5.73 Å². The second-order valence-electron chi connectivity index (χ2n) is 3.84. The Kier molecular flexibility index (Phi) is 4.80. The maximum atomic E-state index is 5.83. The van der Waals surface area contributed by atoms with Crippen molar-refractivity contribution in [1.82, 2.24) is 4.90 Å². The molecule has 0 aromatic rings. The molecule has 0 aromatic heterocycles. The van der Waals surface area contributed by atoms with E-state index in [1.165, 1.54) is 0 Å². The molecular weight excluding hydrogens is 148 g/mol. The summed E-state index contributed by atoms with van der Waals surface area (Å²) in [5.74, 6) is 0. The first-order valence-electron chi connectivity index (χ1n) is 4.97. The molecule has 0 heterocycles. The topological polar surface area (TPSA) is 29.3 Å². The lowest BCUT2D eigenvalue weighted by atomic mass is 9.90. The average Bonchev–Trinajstić information content (AvgIpc) is 2.08. The Morgan fingerprint density at radius 3 is 1.75 bits per heavy atom. The minimum absolute atomic E-state index is 0.216. The fourth-order valence-electron chi connectivity index (χ4n) is 1.73. The monoisotopic (exact) mass is 172 g/mol. The molecule has 0 fully saturated rings. The van der Waals surface area contributed by atoms with Crippen molar-refractivity contribution in [3.8, 4) is 0 Å². The summed E-state index contributed by atoms with van der Waals surface area (Å²) in [6, 6.07) is 0.577. The molecule has 0 saturated carbocycles. The van der Waals surface area contributed by atoms with Crippen molar-refractivity contribution in [2.75, 3.05) is 13.6 Å². The fourth-order valence-corrected chi connectivity index (χ4v) is 1.73.